The molecule has 0 saturated carbocycles. The summed E-state index contributed by atoms with van der Waals surface area (Å²) in [7, 11) is -4.46. The number of rotatable bonds is 8. The van der Waals surface area contributed by atoms with Crippen LogP contribution in [0, 0.1) is 0 Å². The minimum Gasteiger partial charge on any atom is -0.462 e. The molecule has 3 aromatic carbocycles. The van der Waals surface area contributed by atoms with Crippen LogP contribution in [-0.4, -0.2) is 33.4 Å². The fourth-order valence-electron chi connectivity index (χ4n) is 3.19. The third-order valence-electron chi connectivity index (χ3n) is 4.82. The Morgan fingerprint density at radius 2 is 1.69 bits per heavy atom. The maximum Gasteiger partial charge on any atom is 0.417 e. The number of sulfonamides is 1. The quantitative estimate of drug-likeness (QED) is 0.388. The van der Waals surface area contributed by atoms with E-state index in [0.29, 0.717) is 10.4 Å². The molecule has 0 aliphatic carbocycles. The van der Waals surface area contributed by atoms with Crippen LogP contribution >= 0.6 is 11.6 Å². The van der Waals surface area contributed by atoms with E-state index in [1.165, 1.54) is 48.5 Å². The highest BCUT2D eigenvalue weighted by atomic mass is 35.5. The van der Waals surface area contributed by atoms with Crippen molar-refractivity contribution < 1.29 is 35.9 Å². The van der Waals surface area contributed by atoms with Gasteiger partial charge in [-0.2, -0.15) is 13.2 Å². The number of nitrogens with one attached hydrogen (secondary N) is 1. The van der Waals surface area contributed by atoms with Gasteiger partial charge in [-0.25, -0.2) is 13.2 Å². The Balaban J connectivity index is 1.98. The van der Waals surface area contributed by atoms with E-state index in [2.05, 4.69) is 5.32 Å². The Bertz CT molecular complexity index is 1370. The second kappa shape index (κ2) is 11.0. The van der Waals surface area contributed by atoms with Gasteiger partial charge < -0.3 is 10.1 Å². The molecule has 1 N–H and O–H groups in total. The molecule has 3 aromatic rings. The fraction of sp³-hybridized carbons (Fsp3) is 0.167. The Hall–Kier alpha value is -3.57. The molecule has 1 amide bonds. The van der Waals surface area contributed by atoms with E-state index < -0.39 is 50.9 Å². The number of alkyl halides is 3. The van der Waals surface area contributed by atoms with Crippen molar-refractivity contribution in [3.63, 3.8) is 0 Å². The SMILES string of the molecule is CCOC(=O)c1cccc(NC(=O)CN(c2ccc(Cl)c(C(F)(F)F)c2)S(=O)(=O)c2ccccc2)c1. The van der Waals surface area contributed by atoms with Crippen LogP contribution in [0.5, 0.6) is 0 Å². The van der Waals surface area contributed by atoms with Crippen molar-refractivity contribution in [2.75, 3.05) is 22.8 Å². The van der Waals surface area contributed by atoms with Gasteiger partial charge in [0.05, 0.1) is 33.3 Å². The molecule has 0 unspecified atom stereocenters. The average molecular weight is 541 g/mol. The molecule has 36 heavy (non-hydrogen) atoms. The molecule has 3 rings (SSSR count). The molecule has 0 heterocycles. The van der Waals surface area contributed by atoms with E-state index >= 15 is 0 Å². The van der Waals surface area contributed by atoms with Gasteiger partial charge in [-0.15, -0.1) is 0 Å². The van der Waals surface area contributed by atoms with Crippen molar-refractivity contribution in [3.05, 3.63) is 88.9 Å². The van der Waals surface area contributed by atoms with Crippen LogP contribution in [0.1, 0.15) is 22.8 Å². The van der Waals surface area contributed by atoms with Gasteiger partial charge in [0.2, 0.25) is 5.91 Å². The van der Waals surface area contributed by atoms with E-state index in [4.69, 9.17) is 16.3 Å². The number of hydrogen-bond acceptors (Lipinski definition) is 5. The van der Waals surface area contributed by atoms with Crippen LogP contribution < -0.4 is 9.62 Å². The van der Waals surface area contributed by atoms with Crippen LogP contribution in [0.15, 0.2) is 77.7 Å². The van der Waals surface area contributed by atoms with Crippen LogP contribution in [0.4, 0.5) is 24.5 Å². The first kappa shape index (κ1) is 27.0. The molecule has 190 valence electrons. The van der Waals surface area contributed by atoms with E-state index in [0.717, 1.165) is 12.1 Å². The number of hydrogen-bond donors (Lipinski definition) is 1. The zero-order valence-electron chi connectivity index (χ0n) is 18.8. The Morgan fingerprint density at radius 3 is 2.33 bits per heavy atom. The first-order valence-electron chi connectivity index (χ1n) is 10.4. The van der Waals surface area contributed by atoms with Crippen molar-refractivity contribution >= 4 is 44.9 Å². The average Bonchev–Trinajstić information content (AvgIpc) is 2.83. The number of carbonyl (C=O) groups excluding carboxylic acids is 2. The lowest BCUT2D eigenvalue weighted by Crippen LogP contribution is -2.38. The number of amides is 1. The molecule has 0 atom stereocenters. The number of ether oxygens (including phenoxy) is 1. The second-order valence-corrected chi connectivity index (χ2v) is 9.61. The number of nitrogens with zero attached hydrogens (tertiary/aromatic N) is 1. The summed E-state index contributed by atoms with van der Waals surface area (Å²) < 4.78 is 72.5. The van der Waals surface area contributed by atoms with Crippen molar-refractivity contribution in [1.29, 1.82) is 0 Å². The first-order valence-corrected chi connectivity index (χ1v) is 12.3. The summed E-state index contributed by atoms with van der Waals surface area (Å²) in [6.07, 6.45) is -4.86. The highest BCUT2D eigenvalue weighted by molar-refractivity contribution is 7.92. The van der Waals surface area contributed by atoms with Crippen molar-refractivity contribution in [3.8, 4) is 0 Å². The summed E-state index contributed by atoms with van der Waals surface area (Å²) >= 11 is 5.69. The molecular formula is C24H20ClF3N2O5S. The van der Waals surface area contributed by atoms with Gasteiger partial charge in [0.25, 0.3) is 10.0 Å². The van der Waals surface area contributed by atoms with Crippen LogP contribution in [0.2, 0.25) is 5.02 Å². The van der Waals surface area contributed by atoms with E-state index in [1.54, 1.807) is 13.0 Å². The molecule has 0 aromatic heterocycles. The van der Waals surface area contributed by atoms with Crippen molar-refractivity contribution in [2.24, 2.45) is 0 Å². The van der Waals surface area contributed by atoms with Gasteiger partial charge in [-0.1, -0.05) is 35.9 Å². The lowest BCUT2D eigenvalue weighted by atomic mass is 10.2. The third-order valence-corrected chi connectivity index (χ3v) is 6.94. The van der Waals surface area contributed by atoms with Gasteiger partial charge in [-0.05, 0) is 55.5 Å². The third kappa shape index (κ3) is 6.35. The molecule has 7 nitrogen and oxygen atoms in total. The normalized spacial score (nSPS) is 11.6. The van der Waals surface area contributed by atoms with E-state index in [9.17, 15) is 31.2 Å². The van der Waals surface area contributed by atoms with Gasteiger partial charge in [0, 0.05) is 5.69 Å². The number of carbonyl (C=O) groups is 2. The molecule has 0 aliphatic rings. The van der Waals surface area contributed by atoms with Crippen LogP contribution in [0.25, 0.3) is 0 Å². The standard InChI is InChI=1S/C24H20ClF3N2O5S/c1-2-35-23(32)16-7-6-8-17(13-16)29-22(31)15-30(36(33,34)19-9-4-3-5-10-19)18-11-12-21(25)20(14-18)24(26,27)28/h3-14H,2,15H2,1H3,(H,29,31). The van der Waals surface area contributed by atoms with Crippen molar-refractivity contribution in [1.82, 2.24) is 0 Å². The Labute approximate surface area is 210 Å². The summed E-state index contributed by atoms with van der Waals surface area (Å²) in [4.78, 5) is 24.6. The Kier molecular flexibility index (Phi) is 8.26. The monoisotopic (exact) mass is 540 g/mol. The predicted molar refractivity (Wildman–Crippen MR) is 128 cm³/mol. The molecule has 0 fully saturated rings. The van der Waals surface area contributed by atoms with E-state index in [-0.39, 0.29) is 22.8 Å². The number of benzene rings is 3. The summed E-state index contributed by atoms with van der Waals surface area (Å²) in [6, 6.07) is 15.2. The minimum absolute atomic E-state index is 0.142. The topological polar surface area (TPSA) is 92.8 Å². The molecule has 0 aliphatic heterocycles. The van der Waals surface area contributed by atoms with E-state index in [1.807, 2.05) is 0 Å². The Morgan fingerprint density at radius 1 is 1.00 bits per heavy atom. The smallest absolute Gasteiger partial charge is 0.417 e. The van der Waals surface area contributed by atoms with Crippen molar-refractivity contribution in [2.45, 2.75) is 18.0 Å². The van der Waals surface area contributed by atoms with Crippen LogP contribution in [0.3, 0.4) is 0 Å². The highest BCUT2D eigenvalue weighted by Crippen LogP contribution is 2.38. The molecule has 0 saturated heterocycles. The lowest BCUT2D eigenvalue weighted by molar-refractivity contribution is -0.137. The second-order valence-electron chi connectivity index (χ2n) is 7.34. The molecule has 0 bridgehead atoms. The van der Waals surface area contributed by atoms with Gasteiger partial charge in [-0.3, -0.25) is 9.10 Å². The lowest BCUT2D eigenvalue weighted by Gasteiger charge is -2.25. The molecule has 12 heteroatoms. The summed E-state index contributed by atoms with van der Waals surface area (Å²) in [6.45, 7) is 0.911. The number of halogens is 4. The molecule has 0 radical (unpaired) electrons. The minimum atomic E-state index is -4.86. The van der Waals surface area contributed by atoms with Crippen LogP contribution in [-0.2, 0) is 25.7 Å². The zero-order chi connectivity index (χ0) is 26.5. The first-order chi connectivity index (χ1) is 16.9. The maximum atomic E-state index is 13.5. The fourth-order valence-corrected chi connectivity index (χ4v) is 4.85. The predicted octanol–water partition coefficient (Wildman–Crippen LogP) is 5.37. The number of esters is 1. The van der Waals surface area contributed by atoms with Gasteiger partial charge >= 0.3 is 12.1 Å². The largest absolute Gasteiger partial charge is 0.462 e. The summed E-state index contributed by atoms with van der Waals surface area (Å²) in [5.41, 5.74) is -1.35. The highest BCUT2D eigenvalue weighted by Gasteiger charge is 2.35. The zero-order valence-corrected chi connectivity index (χ0v) is 20.3. The summed E-state index contributed by atoms with van der Waals surface area (Å²) in [5.74, 6) is -1.48. The number of anilines is 2. The summed E-state index contributed by atoms with van der Waals surface area (Å²) in [5, 5.41) is 1.84. The molecular weight excluding hydrogens is 521 g/mol. The van der Waals surface area contributed by atoms with Gasteiger partial charge in [0.1, 0.15) is 6.54 Å². The maximum absolute atomic E-state index is 13.5. The molecule has 0 spiro atoms. The van der Waals surface area contributed by atoms with Gasteiger partial charge in [0.15, 0.2) is 0 Å².